The van der Waals surface area contributed by atoms with Crippen LogP contribution in [-0.4, -0.2) is 37.3 Å². The molecule has 20 heavy (non-hydrogen) atoms. The molecule has 1 unspecified atom stereocenters. The molecule has 0 spiro atoms. The number of methoxy groups -OCH3 is 1. The maximum atomic E-state index is 5.21. The van der Waals surface area contributed by atoms with E-state index in [1.165, 1.54) is 11.1 Å². The molecule has 0 saturated heterocycles. The number of hydrogen-bond acceptors (Lipinski definition) is 4. The predicted molar refractivity (Wildman–Crippen MR) is 85.3 cm³/mol. The minimum atomic E-state index is 0.121. The minimum absolute atomic E-state index is 0.121. The van der Waals surface area contributed by atoms with E-state index < -0.39 is 0 Å². The predicted octanol–water partition coefficient (Wildman–Crippen LogP) is 2.75. The lowest BCUT2D eigenvalue weighted by Gasteiger charge is -2.27. The molecule has 1 N–H and O–H groups in total. The zero-order valence-corrected chi connectivity index (χ0v) is 13.9. The summed E-state index contributed by atoms with van der Waals surface area (Å²) in [6.45, 7) is 12.3. The highest BCUT2D eigenvalue weighted by atomic mass is 16.5. The first-order chi connectivity index (χ1) is 9.24. The highest BCUT2D eigenvalue weighted by Crippen LogP contribution is 2.19. The smallest absolute Gasteiger partial charge is 0.131 e. The molecule has 0 aliphatic carbocycles. The van der Waals surface area contributed by atoms with Crippen LogP contribution in [0.15, 0.2) is 12.3 Å². The summed E-state index contributed by atoms with van der Waals surface area (Å²) in [4.78, 5) is 6.78. The number of hydrogen-bond donors (Lipinski definition) is 1. The van der Waals surface area contributed by atoms with Gasteiger partial charge in [0.15, 0.2) is 0 Å². The van der Waals surface area contributed by atoms with Gasteiger partial charge in [-0.05, 0) is 51.8 Å². The van der Waals surface area contributed by atoms with Gasteiger partial charge in [0.05, 0.1) is 12.6 Å². The van der Waals surface area contributed by atoms with E-state index in [0.717, 1.165) is 12.4 Å². The van der Waals surface area contributed by atoms with Crippen LogP contribution < -0.4 is 10.2 Å². The molecule has 0 radical (unpaired) electrons. The average Bonchev–Trinajstić information content (AvgIpc) is 2.35. The Kier molecular flexibility index (Phi) is 5.96. The Labute approximate surface area is 123 Å². The monoisotopic (exact) mass is 279 g/mol. The number of ether oxygens (including phenoxy) is 1. The van der Waals surface area contributed by atoms with E-state index in [9.17, 15) is 0 Å². The van der Waals surface area contributed by atoms with Gasteiger partial charge in [-0.25, -0.2) is 4.98 Å². The molecule has 1 aromatic rings. The minimum Gasteiger partial charge on any atom is -0.383 e. The lowest BCUT2D eigenvalue weighted by Crippen LogP contribution is -2.35. The normalized spacial score (nSPS) is 13.3. The van der Waals surface area contributed by atoms with Crippen molar-refractivity contribution in [2.24, 2.45) is 0 Å². The number of anilines is 1. The summed E-state index contributed by atoms with van der Waals surface area (Å²) in [5.41, 5.74) is 2.54. The van der Waals surface area contributed by atoms with Gasteiger partial charge in [-0.3, -0.25) is 0 Å². The zero-order valence-electron chi connectivity index (χ0n) is 13.9. The van der Waals surface area contributed by atoms with Crippen LogP contribution in [0.1, 0.15) is 38.8 Å². The fraction of sp³-hybridized carbons (Fsp3) is 0.688. The van der Waals surface area contributed by atoms with E-state index in [0.29, 0.717) is 12.6 Å². The van der Waals surface area contributed by atoms with Crippen LogP contribution in [0.25, 0.3) is 0 Å². The van der Waals surface area contributed by atoms with Crippen LogP contribution in [0.4, 0.5) is 5.82 Å². The van der Waals surface area contributed by atoms with Gasteiger partial charge in [-0.1, -0.05) is 0 Å². The molecular formula is C16H29N3O. The first-order valence-corrected chi connectivity index (χ1v) is 7.17. The molecule has 0 aliphatic heterocycles. The Hall–Kier alpha value is -1.13. The van der Waals surface area contributed by atoms with Crippen molar-refractivity contribution >= 4 is 5.82 Å². The van der Waals surface area contributed by atoms with Crippen LogP contribution >= 0.6 is 0 Å². The largest absolute Gasteiger partial charge is 0.383 e. The molecule has 0 fully saturated rings. The molecule has 114 valence electrons. The van der Waals surface area contributed by atoms with E-state index in [1.54, 1.807) is 7.11 Å². The number of likely N-dealkylation sites (N-methyl/N-ethyl adjacent to an activating group) is 1. The molecule has 0 bridgehead atoms. The Morgan fingerprint density at radius 3 is 2.55 bits per heavy atom. The van der Waals surface area contributed by atoms with E-state index in [1.807, 2.05) is 6.20 Å². The Balaban J connectivity index is 2.77. The summed E-state index contributed by atoms with van der Waals surface area (Å²) in [7, 11) is 3.79. The maximum Gasteiger partial charge on any atom is 0.131 e. The number of pyridine rings is 1. The Bertz CT molecular complexity index is 426. The topological polar surface area (TPSA) is 37.4 Å². The van der Waals surface area contributed by atoms with Crippen LogP contribution in [0.2, 0.25) is 0 Å². The summed E-state index contributed by atoms with van der Waals surface area (Å²) in [5.74, 6) is 1.02. The number of aryl methyl sites for hydroxylation is 1. The van der Waals surface area contributed by atoms with Crippen LogP contribution in [-0.2, 0) is 11.3 Å². The number of nitrogens with zero attached hydrogens (tertiary/aromatic N) is 2. The first-order valence-electron chi connectivity index (χ1n) is 7.17. The Morgan fingerprint density at radius 2 is 2.05 bits per heavy atom. The molecule has 0 amide bonds. The van der Waals surface area contributed by atoms with Crippen molar-refractivity contribution in [3.8, 4) is 0 Å². The van der Waals surface area contributed by atoms with E-state index in [2.05, 4.69) is 62.9 Å². The van der Waals surface area contributed by atoms with Gasteiger partial charge in [0, 0.05) is 32.4 Å². The SMILES string of the molecule is COCC(C)N(C)c1ncc(CNC(C)(C)C)cc1C. The number of aromatic nitrogens is 1. The fourth-order valence-corrected chi connectivity index (χ4v) is 2.02. The summed E-state index contributed by atoms with van der Waals surface area (Å²) >= 11 is 0. The molecular weight excluding hydrogens is 250 g/mol. The molecule has 4 nitrogen and oxygen atoms in total. The van der Waals surface area contributed by atoms with Crippen LogP contribution in [0.3, 0.4) is 0 Å². The van der Waals surface area contributed by atoms with E-state index in [4.69, 9.17) is 4.74 Å². The average molecular weight is 279 g/mol. The van der Waals surface area contributed by atoms with Crippen LogP contribution in [0.5, 0.6) is 0 Å². The van der Waals surface area contributed by atoms with Crippen molar-refractivity contribution in [2.75, 3.05) is 25.7 Å². The molecule has 1 rings (SSSR count). The molecule has 1 aromatic heterocycles. The second-order valence-corrected chi connectivity index (χ2v) is 6.50. The molecule has 4 heteroatoms. The fourth-order valence-electron chi connectivity index (χ4n) is 2.02. The second kappa shape index (κ2) is 7.04. The standard InChI is InChI=1S/C16H29N3O/c1-12-8-14(10-18-16(3,4)5)9-17-15(12)19(6)13(2)11-20-7/h8-9,13,18H,10-11H2,1-7H3. The summed E-state index contributed by atoms with van der Waals surface area (Å²) in [5, 5.41) is 3.48. The van der Waals surface area contributed by atoms with Gasteiger partial charge in [0.1, 0.15) is 5.82 Å². The number of rotatable bonds is 6. The lowest BCUT2D eigenvalue weighted by atomic mass is 10.1. The second-order valence-electron chi connectivity index (χ2n) is 6.50. The highest BCUT2D eigenvalue weighted by Gasteiger charge is 2.14. The van der Waals surface area contributed by atoms with Gasteiger partial charge in [0.25, 0.3) is 0 Å². The van der Waals surface area contributed by atoms with Gasteiger partial charge >= 0.3 is 0 Å². The third-order valence-electron chi connectivity index (χ3n) is 3.33. The van der Waals surface area contributed by atoms with E-state index >= 15 is 0 Å². The van der Waals surface area contributed by atoms with Crippen molar-refractivity contribution in [2.45, 2.75) is 52.7 Å². The molecule has 1 heterocycles. The quantitative estimate of drug-likeness (QED) is 0.869. The molecule has 0 saturated carbocycles. The zero-order chi connectivity index (χ0) is 15.3. The molecule has 1 atom stereocenters. The van der Waals surface area contributed by atoms with Crippen molar-refractivity contribution in [1.82, 2.24) is 10.3 Å². The molecule has 0 aliphatic rings. The highest BCUT2D eigenvalue weighted by molar-refractivity contribution is 5.47. The van der Waals surface area contributed by atoms with E-state index in [-0.39, 0.29) is 5.54 Å². The maximum absolute atomic E-state index is 5.21. The summed E-state index contributed by atoms with van der Waals surface area (Å²) in [6, 6.07) is 2.52. The Morgan fingerprint density at radius 1 is 1.40 bits per heavy atom. The lowest BCUT2D eigenvalue weighted by molar-refractivity contribution is 0.183. The van der Waals surface area contributed by atoms with Gasteiger partial charge in [0.2, 0.25) is 0 Å². The van der Waals surface area contributed by atoms with Crippen molar-refractivity contribution in [3.63, 3.8) is 0 Å². The summed E-state index contributed by atoms with van der Waals surface area (Å²) < 4.78 is 5.21. The van der Waals surface area contributed by atoms with Gasteiger partial charge < -0.3 is 15.0 Å². The van der Waals surface area contributed by atoms with Gasteiger partial charge in [-0.2, -0.15) is 0 Å². The van der Waals surface area contributed by atoms with Crippen molar-refractivity contribution < 1.29 is 4.74 Å². The molecule has 0 aromatic carbocycles. The van der Waals surface area contributed by atoms with Crippen molar-refractivity contribution in [3.05, 3.63) is 23.4 Å². The van der Waals surface area contributed by atoms with Gasteiger partial charge in [-0.15, -0.1) is 0 Å². The van der Waals surface area contributed by atoms with Crippen molar-refractivity contribution in [1.29, 1.82) is 0 Å². The number of nitrogens with one attached hydrogen (secondary N) is 1. The van der Waals surface area contributed by atoms with Crippen LogP contribution in [0, 0.1) is 6.92 Å². The first kappa shape index (κ1) is 16.9. The summed E-state index contributed by atoms with van der Waals surface area (Å²) in [6.07, 6.45) is 1.96. The third kappa shape index (κ3) is 5.10. The third-order valence-corrected chi connectivity index (χ3v) is 3.33.